The number of carbonyl (C=O) groups is 2. The number of carboxylic acid groups (broad SMARTS) is 1. The maximum absolute atomic E-state index is 12.5. The Morgan fingerprint density at radius 1 is 1.38 bits per heavy atom. The average molecular weight is 312 g/mol. The molecule has 21 heavy (non-hydrogen) atoms. The highest BCUT2D eigenvalue weighted by Gasteiger charge is 2.30. The molecule has 1 aromatic rings. The second kappa shape index (κ2) is 6.78. The monoisotopic (exact) mass is 311 g/mol. The second-order valence-electron chi connectivity index (χ2n) is 5.08. The fourth-order valence-corrected chi connectivity index (χ4v) is 2.52. The van der Waals surface area contributed by atoms with Gasteiger partial charge in [-0.1, -0.05) is 11.6 Å². The van der Waals surface area contributed by atoms with E-state index in [2.05, 4.69) is 0 Å². The third-order valence-corrected chi connectivity index (χ3v) is 3.80. The molecule has 3 N–H and O–H groups in total. The van der Waals surface area contributed by atoms with E-state index in [1.165, 1.54) is 4.90 Å². The normalized spacial score (nSPS) is 17.8. The molecule has 1 heterocycles. The van der Waals surface area contributed by atoms with Crippen LogP contribution in [0.15, 0.2) is 24.3 Å². The van der Waals surface area contributed by atoms with Crippen LogP contribution in [0, 0.1) is 5.92 Å². The van der Waals surface area contributed by atoms with Crippen molar-refractivity contribution in [2.45, 2.75) is 6.42 Å². The van der Waals surface area contributed by atoms with Gasteiger partial charge in [-0.25, -0.2) is 4.79 Å². The molecule has 1 aliphatic rings. The number of benzene rings is 1. The summed E-state index contributed by atoms with van der Waals surface area (Å²) in [6, 6.07) is 6.23. The molecular weight excluding hydrogens is 294 g/mol. The summed E-state index contributed by atoms with van der Waals surface area (Å²) < 4.78 is 0. The number of hydrogen-bond donors (Lipinski definition) is 2. The molecule has 1 saturated heterocycles. The molecule has 0 spiro atoms. The molecule has 1 aromatic carbocycles. The van der Waals surface area contributed by atoms with Crippen LogP contribution in [-0.2, 0) is 4.79 Å². The van der Waals surface area contributed by atoms with Crippen molar-refractivity contribution in [1.29, 1.82) is 0 Å². The van der Waals surface area contributed by atoms with Gasteiger partial charge in [0.1, 0.15) is 6.54 Å². The molecule has 2 rings (SSSR count). The van der Waals surface area contributed by atoms with E-state index in [-0.39, 0.29) is 18.5 Å². The predicted molar refractivity (Wildman–Crippen MR) is 80.6 cm³/mol. The van der Waals surface area contributed by atoms with Crippen molar-refractivity contribution >= 4 is 29.3 Å². The number of carbonyl (C=O) groups excluding carboxylic acids is 1. The highest BCUT2D eigenvalue weighted by atomic mass is 35.5. The highest BCUT2D eigenvalue weighted by molar-refractivity contribution is 6.30. The van der Waals surface area contributed by atoms with Gasteiger partial charge in [0.15, 0.2) is 0 Å². The largest absolute Gasteiger partial charge is 0.480 e. The van der Waals surface area contributed by atoms with Crippen LogP contribution in [0.5, 0.6) is 0 Å². The van der Waals surface area contributed by atoms with Crippen molar-refractivity contribution in [1.82, 2.24) is 4.90 Å². The number of rotatable bonds is 4. The van der Waals surface area contributed by atoms with E-state index in [9.17, 15) is 9.59 Å². The Balaban J connectivity index is 2.17. The van der Waals surface area contributed by atoms with Crippen LogP contribution in [0.2, 0.25) is 5.02 Å². The number of anilines is 1. The summed E-state index contributed by atoms with van der Waals surface area (Å²) in [5.41, 5.74) is 6.14. The fraction of sp³-hybridized carbons (Fsp3) is 0.429. The van der Waals surface area contributed by atoms with E-state index in [0.29, 0.717) is 30.3 Å². The van der Waals surface area contributed by atoms with Gasteiger partial charge in [-0.2, -0.15) is 0 Å². The zero-order valence-electron chi connectivity index (χ0n) is 11.5. The van der Waals surface area contributed by atoms with Gasteiger partial charge >= 0.3 is 12.0 Å². The SMILES string of the molecule is NCC1CCN(C(=O)N(CC(=O)O)c2ccc(Cl)cc2)C1. The van der Waals surface area contributed by atoms with Crippen LogP contribution in [0.3, 0.4) is 0 Å². The van der Waals surface area contributed by atoms with Gasteiger partial charge in [0.05, 0.1) is 0 Å². The smallest absolute Gasteiger partial charge is 0.325 e. The minimum Gasteiger partial charge on any atom is -0.480 e. The maximum Gasteiger partial charge on any atom is 0.325 e. The molecule has 0 aliphatic carbocycles. The Morgan fingerprint density at radius 3 is 2.57 bits per heavy atom. The van der Waals surface area contributed by atoms with Crippen molar-refractivity contribution in [3.63, 3.8) is 0 Å². The van der Waals surface area contributed by atoms with Crippen molar-refractivity contribution in [2.75, 3.05) is 31.1 Å². The number of likely N-dealkylation sites (tertiary alicyclic amines) is 1. The Morgan fingerprint density at radius 2 is 2.05 bits per heavy atom. The predicted octanol–water partition coefficient (Wildman–Crippen LogP) is 1.63. The quantitative estimate of drug-likeness (QED) is 0.885. The van der Waals surface area contributed by atoms with E-state index in [0.717, 1.165) is 6.42 Å². The van der Waals surface area contributed by atoms with Gasteiger partial charge in [0.2, 0.25) is 0 Å². The molecule has 1 unspecified atom stereocenters. The Labute approximate surface area is 128 Å². The fourth-order valence-electron chi connectivity index (χ4n) is 2.40. The molecule has 0 bridgehead atoms. The van der Waals surface area contributed by atoms with Crippen LogP contribution < -0.4 is 10.6 Å². The standard InChI is InChI=1S/C14H18ClN3O3/c15-11-1-3-12(4-2-11)18(9-13(19)20)14(21)17-6-5-10(7-16)8-17/h1-4,10H,5-9,16H2,(H,19,20). The summed E-state index contributed by atoms with van der Waals surface area (Å²) in [5, 5.41) is 9.56. The minimum absolute atomic E-state index is 0.283. The second-order valence-corrected chi connectivity index (χ2v) is 5.51. The Bertz CT molecular complexity index is 521. The van der Waals surface area contributed by atoms with Crippen molar-refractivity contribution < 1.29 is 14.7 Å². The molecule has 7 heteroatoms. The van der Waals surface area contributed by atoms with Crippen molar-refractivity contribution in [3.8, 4) is 0 Å². The number of halogens is 1. The molecule has 0 radical (unpaired) electrons. The lowest BCUT2D eigenvalue weighted by Gasteiger charge is -2.27. The third kappa shape index (κ3) is 3.86. The summed E-state index contributed by atoms with van der Waals surface area (Å²) >= 11 is 5.82. The van der Waals surface area contributed by atoms with Gasteiger partial charge < -0.3 is 15.7 Å². The first-order chi connectivity index (χ1) is 10.0. The minimum atomic E-state index is -1.06. The number of amides is 2. The number of nitrogens with two attached hydrogens (primary N) is 1. The Hall–Kier alpha value is -1.79. The van der Waals surface area contributed by atoms with Gasteiger partial charge in [-0.05, 0) is 43.1 Å². The molecule has 0 saturated carbocycles. The highest BCUT2D eigenvalue weighted by Crippen LogP contribution is 2.22. The molecular formula is C14H18ClN3O3. The third-order valence-electron chi connectivity index (χ3n) is 3.55. The number of aliphatic carboxylic acids is 1. The lowest BCUT2D eigenvalue weighted by Crippen LogP contribution is -2.45. The molecule has 0 aromatic heterocycles. The van der Waals surface area contributed by atoms with E-state index in [1.54, 1.807) is 29.2 Å². The van der Waals surface area contributed by atoms with Gasteiger partial charge in [0.25, 0.3) is 0 Å². The van der Waals surface area contributed by atoms with E-state index >= 15 is 0 Å². The summed E-state index contributed by atoms with van der Waals surface area (Å²) in [6.45, 7) is 1.32. The van der Waals surface area contributed by atoms with Crippen LogP contribution in [0.1, 0.15) is 6.42 Å². The van der Waals surface area contributed by atoms with Gasteiger partial charge in [-0.3, -0.25) is 9.69 Å². The zero-order chi connectivity index (χ0) is 15.4. The summed E-state index contributed by atoms with van der Waals surface area (Å²) in [5.74, 6) is -0.779. The summed E-state index contributed by atoms with van der Waals surface area (Å²) in [6.07, 6.45) is 0.851. The lowest BCUT2D eigenvalue weighted by atomic mass is 10.1. The van der Waals surface area contributed by atoms with Crippen LogP contribution in [-0.4, -0.2) is 48.2 Å². The topological polar surface area (TPSA) is 86.9 Å². The molecule has 114 valence electrons. The van der Waals surface area contributed by atoms with Crippen LogP contribution in [0.25, 0.3) is 0 Å². The number of hydrogen-bond acceptors (Lipinski definition) is 3. The first-order valence-electron chi connectivity index (χ1n) is 6.75. The lowest BCUT2D eigenvalue weighted by molar-refractivity contribution is -0.135. The molecule has 6 nitrogen and oxygen atoms in total. The average Bonchev–Trinajstić information content (AvgIpc) is 2.94. The van der Waals surface area contributed by atoms with E-state index in [4.69, 9.17) is 22.4 Å². The molecule has 1 aliphatic heterocycles. The van der Waals surface area contributed by atoms with Crippen molar-refractivity contribution in [2.24, 2.45) is 11.7 Å². The van der Waals surface area contributed by atoms with Gasteiger partial charge in [-0.15, -0.1) is 0 Å². The maximum atomic E-state index is 12.5. The molecule has 1 fully saturated rings. The number of urea groups is 1. The Kier molecular flexibility index (Phi) is 5.03. The molecule has 2 amide bonds. The number of nitrogens with zero attached hydrogens (tertiary/aromatic N) is 2. The van der Waals surface area contributed by atoms with Crippen molar-refractivity contribution in [3.05, 3.63) is 29.3 Å². The first-order valence-corrected chi connectivity index (χ1v) is 7.13. The van der Waals surface area contributed by atoms with Gasteiger partial charge in [0, 0.05) is 23.8 Å². The first kappa shape index (κ1) is 15.6. The van der Waals surface area contributed by atoms with Crippen LogP contribution in [0.4, 0.5) is 10.5 Å². The van der Waals surface area contributed by atoms with Crippen LogP contribution >= 0.6 is 11.6 Å². The molecule has 1 atom stereocenters. The van der Waals surface area contributed by atoms with E-state index < -0.39 is 5.97 Å². The summed E-state index contributed by atoms with van der Waals surface area (Å²) in [7, 11) is 0. The van der Waals surface area contributed by atoms with E-state index in [1.807, 2.05) is 0 Å². The number of carboxylic acids is 1. The summed E-state index contributed by atoms with van der Waals surface area (Å²) in [4.78, 5) is 26.5. The zero-order valence-corrected chi connectivity index (χ0v) is 12.3.